The van der Waals surface area contributed by atoms with Crippen LogP contribution in [0.25, 0.3) is 0 Å². The van der Waals surface area contributed by atoms with Crippen molar-refractivity contribution in [1.29, 1.82) is 0 Å². The number of benzene rings is 1. The molecule has 128 valence electrons. The summed E-state index contributed by atoms with van der Waals surface area (Å²) in [5.74, 6) is 0.715. The van der Waals surface area contributed by atoms with Gasteiger partial charge in [-0.1, -0.05) is 34.8 Å². The molecule has 23 heavy (non-hydrogen) atoms. The van der Waals surface area contributed by atoms with Gasteiger partial charge in [-0.3, -0.25) is 0 Å². The van der Waals surface area contributed by atoms with Crippen LogP contribution in [0.5, 0.6) is 5.75 Å². The van der Waals surface area contributed by atoms with Gasteiger partial charge >= 0.3 is 6.03 Å². The van der Waals surface area contributed by atoms with Crippen molar-refractivity contribution in [2.75, 3.05) is 26.5 Å². The second-order valence-electron chi connectivity index (χ2n) is 4.65. The number of urea groups is 1. The van der Waals surface area contributed by atoms with E-state index in [1.54, 1.807) is 45.5 Å². The molecule has 0 unspecified atom stereocenters. The van der Waals surface area contributed by atoms with Crippen LogP contribution in [0.3, 0.4) is 0 Å². The summed E-state index contributed by atoms with van der Waals surface area (Å²) in [5, 5.41) is 8.39. The van der Waals surface area contributed by atoms with Crippen molar-refractivity contribution in [3.8, 4) is 5.75 Å². The van der Waals surface area contributed by atoms with Gasteiger partial charge in [0.25, 0.3) is 0 Å². The van der Waals surface area contributed by atoms with E-state index in [0.29, 0.717) is 11.4 Å². The van der Waals surface area contributed by atoms with E-state index in [-0.39, 0.29) is 5.11 Å². The number of amides is 2. The van der Waals surface area contributed by atoms with E-state index < -0.39 is 16.0 Å². The molecule has 0 bridgehead atoms. The van der Waals surface area contributed by atoms with Gasteiger partial charge in [-0.05, 0) is 36.5 Å². The highest BCUT2D eigenvalue weighted by Gasteiger charge is 2.35. The predicted octanol–water partition coefficient (Wildman–Crippen LogP) is 2.95. The van der Waals surface area contributed by atoms with Crippen molar-refractivity contribution in [2.45, 2.75) is 9.96 Å². The van der Waals surface area contributed by atoms with Crippen molar-refractivity contribution >= 4 is 63.9 Å². The fraction of sp³-hybridized carbons (Fsp3) is 0.385. The third kappa shape index (κ3) is 6.87. The van der Waals surface area contributed by atoms with Gasteiger partial charge in [0.05, 0.1) is 7.11 Å². The van der Waals surface area contributed by atoms with Gasteiger partial charge < -0.3 is 25.6 Å². The van der Waals surface area contributed by atoms with E-state index in [2.05, 4.69) is 16.0 Å². The largest absolute Gasteiger partial charge is 0.497 e. The highest BCUT2D eigenvalue weighted by molar-refractivity contribution is 7.80. The molecule has 0 aliphatic rings. The number of carbonyl (C=O) groups excluding carboxylic acids is 1. The highest BCUT2D eigenvalue weighted by Crippen LogP contribution is 2.29. The number of hydrogen-bond acceptors (Lipinski definition) is 3. The molecule has 0 aromatic heterocycles. The molecule has 0 fully saturated rings. The number of nitrogens with one attached hydrogen (secondary N) is 3. The summed E-state index contributed by atoms with van der Waals surface area (Å²) in [6, 6.07) is 6.66. The summed E-state index contributed by atoms with van der Waals surface area (Å²) in [6.45, 7) is 0. The molecule has 1 aromatic carbocycles. The van der Waals surface area contributed by atoms with Gasteiger partial charge in [0.2, 0.25) is 3.79 Å². The second-order valence-corrected chi connectivity index (χ2v) is 7.42. The molecule has 0 aliphatic carbocycles. The summed E-state index contributed by atoms with van der Waals surface area (Å²) in [7, 11) is 4.71. The van der Waals surface area contributed by atoms with E-state index in [9.17, 15) is 4.79 Å². The molecule has 2 amide bonds. The van der Waals surface area contributed by atoms with Gasteiger partial charge in [0.1, 0.15) is 5.75 Å². The Kier molecular flexibility index (Phi) is 7.47. The summed E-state index contributed by atoms with van der Waals surface area (Å²) in [5.41, 5.74) is 0.713. The number of carbonyl (C=O) groups is 1. The topological polar surface area (TPSA) is 65.6 Å². The number of thiocarbonyl (C=S) groups is 1. The lowest BCUT2D eigenvalue weighted by Crippen LogP contribution is -2.57. The van der Waals surface area contributed by atoms with Crippen LogP contribution in [0.4, 0.5) is 10.5 Å². The molecule has 1 rings (SSSR count). The molecule has 3 N–H and O–H groups in total. The quantitative estimate of drug-likeness (QED) is 0.413. The Bertz CT molecular complexity index is 549. The molecule has 0 saturated heterocycles. The summed E-state index contributed by atoms with van der Waals surface area (Å²) in [4.78, 5) is 13.0. The molecule has 1 atom stereocenters. The van der Waals surface area contributed by atoms with Gasteiger partial charge in [-0.25, -0.2) is 4.79 Å². The molecular formula is C13H17Cl3N4O2S. The zero-order valence-corrected chi connectivity index (χ0v) is 15.8. The number of rotatable bonds is 4. The first kappa shape index (κ1) is 19.9. The minimum Gasteiger partial charge on any atom is -0.497 e. The fourth-order valence-corrected chi connectivity index (χ4v) is 1.99. The first-order chi connectivity index (χ1) is 10.6. The van der Waals surface area contributed by atoms with Gasteiger partial charge in [0.15, 0.2) is 11.3 Å². The van der Waals surface area contributed by atoms with E-state index in [1.165, 1.54) is 4.90 Å². The summed E-state index contributed by atoms with van der Waals surface area (Å²) < 4.78 is 3.27. The molecule has 0 saturated carbocycles. The molecule has 0 heterocycles. The Labute approximate surface area is 155 Å². The van der Waals surface area contributed by atoms with Crippen molar-refractivity contribution in [3.63, 3.8) is 0 Å². The number of nitrogens with zero attached hydrogens (tertiary/aromatic N) is 1. The first-order valence-electron chi connectivity index (χ1n) is 6.39. The van der Waals surface area contributed by atoms with Gasteiger partial charge in [0, 0.05) is 19.8 Å². The number of alkyl halides is 3. The van der Waals surface area contributed by atoms with E-state index in [1.807, 2.05) is 0 Å². The van der Waals surface area contributed by atoms with Crippen LogP contribution in [0.15, 0.2) is 24.3 Å². The monoisotopic (exact) mass is 398 g/mol. The lowest BCUT2D eigenvalue weighted by atomic mass is 10.3. The Balaban J connectivity index is 2.70. The van der Waals surface area contributed by atoms with Crippen LogP contribution in [0, 0.1) is 0 Å². The van der Waals surface area contributed by atoms with E-state index in [0.717, 1.165) is 0 Å². The van der Waals surface area contributed by atoms with Crippen molar-refractivity contribution < 1.29 is 9.53 Å². The predicted molar refractivity (Wildman–Crippen MR) is 98.6 cm³/mol. The van der Waals surface area contributed by atoms with Crippen molar-refractivity contribution in [3.05, 3.63) is 24.3 Å². The number of anilines is 1. The third-order valence-electron chi connectivity index (χ3n) is 2.62. The van der Waals surface area contributed by atoms with Crippen molar-refractivity contribution in [1.82, 2.24) is 15.5 Å². The average molecular weight is 400 g/mol. The van der Waals surface area contributed by atoms with E-state index >= 15 is 0 Å². The Morgan fingerprint density at radius 1 is 1.22 bits per heavy atom. The smallest absolute Gasteiger partial charge is 0.318 e. The van der Waals surface area contributed by atoms with Crippen LogP contribution in [0.1, 0.15) is 0 Å². The van der Waals surface area contributed by atoms with Crippen LogP contribution in [0.2, 0.25) is 0 Å². The summed E-state index contributed by atoms with van der Waals surface area (Å²) >= 11 is 22.8. The first-order valence-corrected chi connectivity index (χ1v) is 7.94. The molecule has 0 radical (unpaired) electrons. The van der Waals surface area contributed by atoms with Crippen LogP contribution in [-0.4, -0.2) is 47.2 Å². The average Bonchev–Trinajstić information content (AvgIpc) is 2.46. The fourth-order valence-electron chi connectivity index (χ4n) is 1.42. The molecule has 1 aromatic rings. The maximum atomic E-state index is 11.7. The number of hydrogen-bond donors (Lipinski definition) is 3. The lowest BCUT2D eigenvalue weighted by Gasteiger charge is -2.28. The molecule has 0 spiro atoms. The van der Waals surface area contributed by atoms with Crippen molar-refractivity contribution in [2.24, 2.45) is 0 Å². The highest BCUT2D eigenvalue weighted by atomic mass is 35.6. The molecule has 6 nitrogen and oxygen atoms in total. The zero-order chi connectivity index (χ0) is 17.6. The molecule has 0 aliphatic heterocycles. The number of halogens is 3. The SMILES string of the molecule is COc1ccc(NC(=S)N[C@@H](NC(=O)N(C)C)C(Cl)(Cl)Cl)cc1. The van der Waals surface area contributed by atoms with Crippen LogP contribution >= 0.6 is 47.0 Å². The van der Waals surface area contributed by atoms with Crippen LogP contribution in [-0.2, 0) is 0 Å². The minimum atomic E-state index is -1.79. The maximum absolute atomic E-state index is 11.7. The normalized spacial score (nSPS) is 12.1. The van der Waals surface area contributed by atoms with Gasteiger partial charge in [-0.2, -0.15) is 0 Å². The zero-order valence-electron chi connectivity index (χ0n) is 12.7. The number of methoxy groups -OCH3 is 1. The third-order valence-corrected chi connectivity index (χ3v) is 3.50. The van der Waals surface area contributed by atoms with Crippen LogP contribution < -0.4 is 20.7 Å². The van der Waals surface area contributed by atoms with Gasteiger partial charge in [-0.15, -0.1) is 0 Å². The number of ether oxygens (including phenoxy) is 1. The Morgan fingerprint density at radius 3 is 2.22 bits per heavy atom. The lowest BCUT2D eigenvalue weighted by molar-refractivity contribution is 0.212. The summed E-state index contributed by atoms with van der Waals surface area (Å²) in [6.07, 6.45) is -1.01. The van der Waals surface area contributed by atoms with E-state index in [4.69, 9.17) is 51.8 Å². The molecular weight excluding hydrogens is 383 g/mol. The Morgan fingerprint density at radius 2 is 1.78 bits per heavy atom. The Hall–Kier alpha value is -1.15. The molecule has 10 heteroatoms. The maximum Gasteiger partial charge on any atom is 0.318 e. The second kappa shape index (κ2) is 8.63. The standard InChI is InChI=1S/C13H17Cl3N4O2S/c1-20(2)12(21)19-10(13(14,15)16)18-11(23)17-8-4-6-9(22-3)7-5-8/h4-7,10H,1-3H3,(H,19,21)(H2,17,18,23)/t10-/m0/s1. The minimum absolute atomic E-state index is 0.186.